The number of amidine groups is 1. The molecule has 0 radical (unpaired) electrons. The van der Waals surface area contributed by atoms with E-state index in [4.69, 9.17) is 5.73 Å². The minimum absolute atomic E-state index is 0.0507. The Labute approximate surface area is 123 Å². The van der Waals surface area contributed by atoms with Gasteiger partial charge in [-0.15, -0.1) is 0 Å². The Morgan fingerprint density at radius 2 is 2.00 bits per heavy atom. The van der Waals surface area contributed by atoms with Crippen LogP contribution in [0.2, 0.25) is 0 Å². The predicted octanol–water partition coefficient (Wildman–Crippen LogP) is 3.45. The molecule has 0 saturated heterocycles. The summed E-state index contributed by atoms with van der Waals surface area (Å²) in [6.45, 7) is 3.90. The fourth-order valence-corrected chi connectivity index (χ4v) is 2.66. The molecule has 1 unspecified atom stereocenters. The van der Waals surface area contributed by atoms with Crippen LogP contribution in [0, 0.1) is 0 Å². The van der Waals surface area contributed by atoms with Crippen LogP contribution in [0.4, 0.5) is 4.79 Å². The first-order valence-electron chi connectivity index (χ1n) is 5.53. The van der Waals surface area contributed by atoms with Crippen molar-refractivity contribution in [2.75, 3.05) is 0 Å². The number of halogens is 2. The van der Waals surface area contributed by atoms with Crippen molar-refractivity contribution < 1.29 is 4.79 Å². The number of amides is 2. The second kappa shape index (κ2) is 5.01. The molecule has 1 aromatic carbocycles. The van der Waals surface area contributed by atoms with Crippen LogP contribution in [0.15, 0.2) is 32.1 Å². The summed E-state index contributed by atoms with van der Waals surface area (Å²) in [7, 11) is 0. The van der Waals surface area contributed by atoms with E-state index >= 15 is 0 Å². The standard InChI is InChI=1S/C12H13Br2N3O/c1-6(2)17-10(11(15)16-12(17)18)7-3-4-8(13)9(14)5-7/h3-6,10H,1-2H3,(H2,15,16,18). The molecule has 1 aliphatic rings. The maximum Gasteiger partial charge on any atom is 0.346 e. The SMILES string of the molecule is CC(C)N1C(=O)N=C(N)C1c1ccc(Br)c(Br)c1. The fourth-order valence-electron chi connectivity index (χ4n) is 2.02. The molecule has 18 heavy (non-hydrogen) atoms. The third kappa shape index (κ3) is 2.31. The number of nitrogens with zero attached hydrogens (tertiary/aromatic N) is 2. The van der Waals surface area contributed by atoms with Gasteiger partial charge < -0.3 is 10.6 Å². The Morgan fingerprint density at radius 1 is 1.33 bits per heavy atom. The molecule has 4 nitrogen and oxygen atoms in total. The molecule has 0 aromatic heterocycles. The number of hydrogen-bond acceptors (Lipinski definition) is 2. The van der Waals surface area contributed by atoms with Crippen LogP contribution >= 0.6 is 31.9 Å². The van der Waals surface area contributed by atoms with Crippen LogP contribution < -0.4 is 5.73 Å². The quantitative estimate of drug-likeness (QED) is 0.861. The second-order valence-corrected chi connectivity index (χ2v) is 6.11. The highest BCUT2D eigenvalue weighted by Gasteiger charge is 2.36. The van der Waals surface area contributed by atoms with Gasteiger partial charge in [-0.25, -0.2) is 4.79 Å². The number of carbonyl (C=O) groups excluding carboxylic acids is 1. The highest BCUT2D eigenvalue weighted by Crippen LogP contribution is 2.32. The highest BCUT2D eigenvalue weighted by molar-refractivity contribution is 9.13. The lowest BCUT2D eigenvalue weighted by atomic mass is 10.0. The van der Waals surface area contributed by atoms with E-state index in [2.05, 4.69) is 36.9 Å². The molecule has 0 fully saturated rings. The predicted molar refractivity (Wildman–Crippen MR) is 78.6 cm³/mol. The van der Waals surface area contributed by atoms with E-state index < -0.39 is 0 Å². The van der Waals surface area contributed by atoms with Crippen molar-refractivity contribution in [2.24, 2.45) is 10.7 Å². The second-order valence-electron chi connectivity index (χ2n) is 4.40. The largest absolute Gasteiger partial charge is 0.385 e. The monoisotopic (exact) mass is 373 g/mol. The normalized spacial score (nSPS) is 19.6. The summed E-state index contributed by atoms with van der Waals surface area (Å²) in [5.74, 6) is 0.350. The Hall–Kier alpha value is -0.880. The Bertz CT molecular complexity index is 528. The first-order valence-corrected chi connectivity index (χ1v) is 7.11. The Kier molecular flexibility index (Phi) is 3.77. The lowest BCUT2D eigenvalue weighted by Gasteiger charge is -2.28. The molecule has 6 heteroatoms. The molecule has 1 heterocycles. The number of aliphatic imine (C=N–C) groups is 1. The molecular weight excluding hydrogens is 362 g/mol. The minimum atomic E-state index is -0.276. The van der Waals surface area contributed by atoms with Gasteiger partial charge in [-0.2, -0.15) is 4.99 Å². The van der Waals surface area contributed by atoms with E-state index in [-0.39, 0.29) is 18.1 Å². The van der Waals surface area contributed by atoms with Crippen LogP contribution in [0.3, 0.4) is 0 Å². The maximum atomic E-state index is 11.8. The van der Waals surface area contributed by atoms with Crippen molar-refractivity contribution in [1.29, 1.82) is 0 Å². The van der Waals surface area contributed by atoms with Crippen molar-refractivity contribution in [3.05, 3.63) is 32.7 Å². The number of carbonyl (C=O) groups is 1. The van der Waals surface area contributed by atoms with Gasteiger partial charge in [0.05, 0.1) is 0 Å². The molecule has 0 bridgehead atoms. The first-order chi connectivity index (χ1) is 8.41. The van der Waals surface area contributed by atoms with Gasteiger partial charge in [0.2, 0.25) is 0 Å². The molecule has 1 aromatic rings. The molecule has 2 amide bonds. The molecule has 1 aliphatic heterocycles. The van der Waals surface area contributed by atoms with E-state index in [1.165, 1.54) is 0 Å². The summed E-state index contributed by atoms with van der Waals surface area (Å²) < 4.78 is 1.89. The van der Waals surface area contributed by atoms with Crippen LogP contribution in [0.25, 0.3) is 0 Å². The smallest absolute Gasteiger partial charge is 0.346 e. The summed E-state index contributed by atoms with van der Waals surface area (Å²) >= 11 is 6.87. The number of rotatable bonds is 2. The van der Waals surface area contributed by atoms with Gasteiger partial charge in [-0.3, -0.25) is 0 Å². The number of nitrogens with two attached hydrogens (primary N) is 1. The summed E-state index contributed by atoms with van der Waals surface area (Å²) in [6.07, 6.45) is 0. The van der Waals surface area contributed by atoms with E-state index in [1.807, 2.05) is 32.0 Å². The van der Waals surface area contributed by atoms with E-state index in [1.54, 1.807) is 4.90 Å². The molecule has 2 N–H and O–H groups in total. The molecule has 2 rings (SSSR count). The third-order valence-corrected chi connectivity index (χ3v) is 4.70. The summed E-state index contributed by atoms with van der Waals surface area (Å²) in [5.41, 5.74) is 6.83. The summed E-state index contributed by atoms with van der Waals surface area (Å²) in [4.78, 5) is 17.3. The topological polar surface area (TPSA) is 58.7 Å². The molecular formula is C12H13Br2N3O. The number of hydrogen-bond donors (Lipinski definition) is 1. The highest BCUT2D eigenvalue weighted by atomic mass is 79.9. The fraction of sp³-hybridized carbons (Fsp3) is 0.333. The zero-order valence-electron chi connectivity index (χ0n) is 10.0. The van der Waals surface area contributed by atoms with Gasteiger partial charge in [0.15, 0.2) is 0 Å². The zero-order chi connectivity index (χ0) is 13.4. The van der Waals surface area contributed by atoms with Crippen molar-refractivity contribution in [3.63, 3.8) is 0 Å². The van der Waals surface area contributed by atoms with Crippen molar-refractivity contribution in [3.8, 4) is 0 Å². The van der Waals surface area contributed by atoms with Gasteiger partial charge >= 0.3 is 6.03 Å². The average molecular weight is 375 g/mol. The molecule has 0 aliphatic carbocycles. The van der Waals surface area contributed by atoms with E-state index in [0.717, 1.165) is 14.5 Å². The van der Waals surface area contributed by atoms with Crippen LogP contribution in [0.1, 0.15) is 25.5 Å². The minimum Gasteiger partial charge on any atom is -0.385 e. The first kappa shape index (κ1) is 13.5. The van der Waals surface area contributed by atoms with Crippen LogP contribution in [-0.2, 0) is 0 Å². The van der Waals surface area contributed by atoms with E-state index in [9.17, 15) is 4.79 Å². The maximum absolute atomic E-state index is 11.8. The van der Waals surface area contributed by atoms with E-state index in [0.29, 0.717) is 5.84 Å². The van der Waals surface area contributed by atoms with Crippen LogP contribution in [-0.4, -0.2) is 22.8 Å². The lowest BCUT2D eigenvalue weighted by Crippen LogP contribution is -2.38. The average Bonchev–Trinajstić information content (AvgIpc) is 2.57. The third-order valence-electron chi connectivity index (χ3n) is 2.82. The molecule has 96 valence electrons. The number of benzene rings is 1. The van der Waals surface area contributed by atoms with Gasteiger partial charge in [0.25, 0.3) is 0 Å². The Morgan fingerprint density at radius 3 is 2.56 bits per heavy atom. The summed E-state index contributed by atoms with van der Waals surface area (Å²) in [5, 5.41) is 0. The molecule has 0 spiro atoms. The van der Waals surface area contributed by atoms with Crippen LogP contribution in [0.5, 0.6) is 0 Å². The van der Waals surface area contributed by atoms with Crippen molar-refractivity contribution in [1.82, 2.24) is 4.90 Å². The Balaban J connectivity index is 2.44. The molecule has 0 saturated carbocycles. The lowest BCUT2D eigenvalue weighted by molar-refractivity contribution is 0.190. The molecule has 1 atom stereocenters. The number of urea groups is 1. The van der Waals surface area contributed by atoms with Gasteiger partial charge in [-0.05, 0) is 63.4 Å². The van der Waals surface area contributed by atoms with Gasteiger partial charge in [-0.1, -0.05) is 6.07 Å². The van der Waals surface area contributed by atoms with Crippen molar-refractivity contribution in [2.45, 2.75) is 25.9 Å². The van der Waals surface area contributed by atoms with Gasteiger partial charge in [0, 0.05) is 15.0 Å². The van der Waals surface area contributed by atoms with Gasteiger partial charge in [0.1, 0.15) is 11.9 Å². The zero-order valence-corrected chi connectivity index (χ0v) is 13.2. The summed E-state index contributed by atoms with van der Waals surface area (Å²) in [6, 6.07) is 5.32. The van der Waals surface area contributed by atoms with Crippen molar-refractivity contribution >= 4 is 43.7 Å².